The largest absolute Gasteiger partial charge is 0.416 e. The van der Waals surface area contributed by atoms with Crippen LogP contribution in [0.4, 0.5) is 18.9 Å². The van der Waals surface area contributed by atoms with Crippen LogP contribution in [0.5, 0.6) is 0 Å². The Morgan fingerprint density at radius 2 is 1.71 bits per heavy atom. The molecule has 1 aromatic carbocycles. The second-order valence-electron chi connectivity index (χ2n) is 5.79. The predicted molar refractivity (Wildman–Crippen MR) is 77.3 cm³/mol. The first-order valence-corrected chi connectivity index (χ1v) is 7.82. The molecule has 2 fully saturated rings. The van der Waals surface area contributed by atoms with E-state index in [1.807, 2.05) is 4.90 Å². The van der Waals surface area contributed by atoms with Crippen molar-refractivity contribution >= 4 is 27.4 Å². The fraction of sp³-hybridized carbons (Fsp3) is 0.533. The third-order valence-electron chi connectivity index (χ3n) is 4.30. The van der Waals surface area contributed by atoms with Crippen LogP contribution in [-0.4, -0.2) is 17.9 Å². The predicted octanol–water partition coefficient (Wildman–Crippen LogP) is 4.56. The quantitative estimate of drug-likeness (QED) is 0.730. The van der Waals surface area contributed by atoms with Crippen molar-refractivity contribution in [2.24, 2.45) is 0 Å². The Labute approximate surface area is 129 Å². The molecule has 0 saturated carbocycles. The van der Waals surface area contributed by atoms with Gasteiger partial charge in [-0.15, -0.1) is 0 Å². The van der Waals surface area contributed by atoms with Gasteiger partial charge in [-0.3, -0.25) is 4.79 Å². The highest BCUT2D eigenvalue weighted by Gasteiger charge is 2.39. The summed E-state index contributed by atoms with van der Waals surface area (Å²) in [5.74, 6) is 0.229. The Morgan fingerprint density at radius 1 is 1.10 bits per heavy atom. The van der Waals surface area contributed by atoms with Gasteiger partial charge in [-0.1, -0.05) is 15.9 Å². The third-order valence-corrected chi connectivity index (χ3v) is 4.75. The molecule has 1 aromatic rings. The smallest absolute Gasteiger partial charge is 0.365 e. The van der Waals surface area contributed by atoms with Crippen LogP contribution in [0.1, 0.15) is 37.7 Å². The number of rotatable bonds is 1. The van der Waals surface area contributed by atoms with E-state index in [9.17, 15) is 18.0 Å². The number of benzene rings is 1. The van der Waals surface area contributed by atoms with Crippen LogP contribution < -0.4 is 4.90 Å². The van der Waals surface area contributed by atoms with Crippen molar-refractivity contribution in [3.8, 4) is 0 Å². The molecule has 114 valence electrons. The first-order valence-electron chi connectivity index (χ1n) is 7.02. The first kappa shape index (κ1) is 14.9. The van der Waals surface area contributed by atoms with Gasteiger partial charge in [0, 0.05) is 35.1 Å². The summed E-state index contributed by atoms with van der Waals surface area (Å²) in [6, 6.07) is 4.09. The van der Waals surface area contributed by atoms with Crippen molar-refractivity contribution in [3.63, 3.8) is 0 Å². The molecule has 2 aliphatic heterocycles. The minimum Gasteiger partial charge on any atom is -0.365 e. The van der Waals surface area contributed by atoms with Gasteiger partial charge in [0.1, 0.15) is 5.78 Å². The summed E-state index contributed by atoms with van der Waals surface area (Å²) < 4.78 is 39.3. The molecule has 0 aromatic heterocycles. The molecule has 6 heteroatoms. The lowest BCUT2D eigenvalue weighted by Gasteiger charge is -2.47. The monoisotopic (exact) mass is 361 g/mol. The molecule has 2 unspecified atom stereocenters. The molecule has 2 saturated heterocycles. The Bertz CT molecular complexity index is 557. The van der Waals surface area contributed by atoms with E-state index in [-0.39, 0.29) is 17.9 Å². The number of carbonyl (C=O) groups is 1. The molecule has 2 heterocycles. The van der Waals surface area contributed by atoms with E-state index in [1.54, 1.807) is 6.07 Å². The maximum Gasteiger partial charge on any atom is 0.416 e. The molecule has 0 radical (unpaired) electrons. The molecule has 2 bridgehead atoms. The van der Waals surface area contributed by atoms with Crippen LogP contribution >= 0.6 is 15.9 Å². The number of hydrogen-bond acceptors (Lipinski definition) is 2. The van der Waals surface area contributed by atoms with E-state index in [0.29, 0.717) is 23.0 Å². The third kappa shape index (κ3) is 2.96. The number of carbonyl (C=O) groups excluding carboxylic acids is 1. The number of piperidine rings is 2. The molecule has 2 aliphatic rings. The van der Waals surface area contributed by atoms with E-state index in [1.165, 1.54) is 6.07 Å². The van der Waals surface area contributed by atoms with Crippen molar-refractivity contribution in [1.29, 1.82) is 0 Å². The number of fused-ring (bicyclic) bond motifs is 2. The van der Waals surface area contributed by atoms with Gasteiger partial charge in [-0.05, 0) is 37.5 Å². The molecular weight excluding hydrogens is 347 g/mol. The van der Waals surface area contributed by atoms with Crippen LogP contribution in [0, 0.1) is 0 Å². The normalized spacial score (nSPS) is 26.1. The maximum absolute atomic E-state index is 13.0. The molecule has 0 N–H and O–H groups in total. The van der Waals surface area contributed by atoms with Gasteiger partial charge in [0.25, 0.3) is 0 Å². The van der Waals surface area contributed by atoms with Gasteiger partial charge >= 0.3 is 6.18 Å². The number of anilines is 1. The molecule has 2 nitrogen and oxygen atoms in total. The second-order valence-corrected chi connectivity index (χ2v) is 6.70. The summed E-state index contributed by atoms with van der Waals surface area (Å²) in [7, 11) is 0. The zero-order valence-corrected chi connectivity index (χ0v) is 12.9. The van der Waals surface area contributed by atoms with E-state index in [2.05, 4.69) is 15.9 Å². The maximum atomic E-state index is 13.0. The zero-order valence-electron chi connectivity index (χ0n) is 11.3. The van der Waals surface area contributed by atoms with Crippen molar-refractivity contribution < 1.29 is 18.0 Å². The summed E-state index contributed by atoms with van der Waals surface area (Å²) in [5.41, 5.74) is -0.0826. The fourth-order valence-electron chi connectivity index (χ4n) is 3.48. The summed E-state index contributed by atoms with van der Waals surface area (Å²) in [6.45, 7) is 0. The van der Waals surface area contributed by atoms with Gasteiger partial charge in [0.2, 0.25) is 0 Å². The van der Waals surface area contributed by atoms with Gasteiger partial charge in [0.05, 0.1) is 5.56 Å². The summed E-state index contributed by atoms with van der Waals surface area (Å²) in [6.07, 6.45) is -0.681. The molecule has 0 aliphatic carbocycles. The lowest BCUT2D eigenvalue weighted by molar-refractivity contribution is -0.137. The lowest BCUT2D eigenvalue weighted by atomic mass is 9.83. The molecule has 2 atom stereocenters. The standard InChI is InChI=1S/C15H15BrF3NO/c16-10-4-9(15(17,18)19)5-13(6-10)20-11-2-1-3-12(20)8-14(21)7-11/h4-6,11-12H,1-3,7-8H2. The summed E-state index contributed by atoms with van der Waals surface area (Å²) in [5, 5.41) is 0. The fourth-order valence-corrected chi connectivity index (χ4v) is 3.96. The Hall–Kier alpha value is -1.04. The van der Waals surface area contributed by atoms with Gasteiger partial charge in [0.15, 0.2) is 0 Å². The van der Waals surface area contributed by atoms with Crippen molar-refractivity contribution in [2.75, 3.05) is 4.90 Å². The van der Waals surface area contributed by atoms with Gasteiger partial charge in [-0.2, -0.15) is 13.2 Å². The van der Waals surface area contributed by atoms with Crippen LogP contribution in [-0.2, 0) is 11.0 Å². The van der Waals surface area contributed by atoms with Crippen molar-refractivity contribution in [3.05, 3.63) is 28.2 Å². The minimum absolute atomic E-state index is 0.0420. The molecular formula is C15H15BrF3NO. The average molecular weight is 362 g/mol. The van der Waals surface area contributed by atoms with Crippen LogP contribution in [0.2, 0.25) is 0 Å². The number of halogens is 4. The molecule has 3 rings (SSSR count). The first-order chi connectivity index (χ1) is 9.84. The van der Waals surface area contributed by atoms with Crippen molar-refractivity contribution in [1.82, 2.24) is 0 Å². The summed E-state index contributed by atoms with van der Waals surface area (Å²) in [4.78, 5) is 13.8. The highest BCUT2D eigenvalue weighted by Crippen LogP contribution is 2.40. The summed E-state index contributed by atoms with van der Waals surface area (Å²) >= 11 is 3.17. The van der Waals surface area contributed by atoms with E-state index < -0.39 is 11.7 Å². The van der Waals surface area contributed by atoms with Gasteiger partial charge < -0.3 is 4.90 Å². The Kier molecular flexibility index (Phi) is 3.76. The van der Waals surface area contributed by atoms with E-state index in [4.69, 9.17) is 0 Å². The van der Waals surface area contributed by atoms with E-state index in [0.717, 1.165) is 25.3 Å². The van der Waals surface area contributed by atoms with Crippen molar-refractivity contribution in [2.45, 2.75) is 50.4 Å². The minimum atomic E-state index is -4.36. The Balaban J connectivity index is 2.00. The highest BCUT2D eigenvalue weighted by molar-refractivity contribution is 9.10. The second kappa shape index (κ2) is 5.30. The SMILES string of the molecule is O=C1CC2CCCC(C1)N2c1cc(Br)cc(C(F)(F)F)c1. The highest BCUT2D eigenvalue weighted by atomic mass is 79.9. The lowest BCUT2D eigenvalue weighted by Crippen LogP contribution is -2.52. The van der Waals surface area contributed by atoms with Crippen LogP contribution in [0.25, 0.3) is 0 Å². The number of alkyl halides is 3. The van der Waals surface area contributed by atoms with E-state index >= 15 is 0 Å². The number of hydrogen-bond donors (Lipinski definition) is 0. The van der Waals surface area contributed by atoms with Crippen LogP contribution in [0.3, 0.4) is 0 Å². The van der Waals surface area contributed by atoms with Gasteiger partial charge in [-0.25, -0.2) is 0 Å². The number of nitrogens with zero attached hydrogens (tertiary/aromatic N) is 1. The number of Topliss-reactive ketones (excluding diaryl/α,β-unsaturated/α-hetero) is 1. The average Bonchev–Trinajstić information content (AvgIpc) is 2.35. The number of ketones is 1. The topological polar surface area (TPSA) is 20.3 Å². The molecule has 21 heavy (non-hydrogen) atoms. The Morgan fingerprint density at radius 3 is 2.29 bits per heavy atom. The zero-order chi connectivity index (χ0) is 15.2. The molecule has 0 amide bonds. The molecule has 0 spiro atoms. The van der Waals surface area contributed by atoms with Crippen LogP contribution in [0.15, 0.2) is 22.7 Å².